The second-order valence-corrected chi connectivity index (χ2v) is 7.20. The van der Waals surface area contributed by atoms with E-state index in [0.717, 1.165) is 30.0 Å². The van der Waals surface area contributed by atoms with Crippen molar-refractivity contribution in [2.45, 2.75) is 19.3 Å². The molecule has 0 spiro atoms. The van der Waals surface area contributed by atoms with Crippen LogP contribution in [0.25, 0.3) is 10.8 Å². The Morgan fingerprint density at radius 3 is 2.80 bits per heavy atom. The molecule has 0 saturated carbocycles. The number of aryl methyl sites for hydroxylation is 2. The van der Waals surface area contributed by atoms with E-state index in [0.29, 0.717) is 10.6 Å². The minimum atomic E-state index is -0.424. The van der Waals surface area contributed by atoms with Gasteiger partial charge in [-0.3, -0.25) is 4.79 Å². The molecule has 0 radical (unpaired) electrons. The van der Waals surface area contributed by atoms with Gasteiger partial charge in [0.2, 0.25) is 0 Å². The smallest absolute Gasteiger partial charge is 0.348 e. The Bertz CT molecular complexity index is 934. The highest BCUT2D eigenvalue weighted by Crippen LogP contribution is 2.31. The highest BCUT2D eigenvalue weighted by molar-refractivity contribution is 7.14. The summed E-state index contributed by atoms with van der Waals surface area (Å²) in [5, 5.41) is 4.82. The van der Waals surface area contributed by atoms with E-state index in [2.05, 4.69) is 5.32 Å². The summed E-state index contributed by atoms with van der Waals surface area (Å²) < 4.78 is 5.17. The molecular formula is C20H17NO3S. The normalized spacial score (nSPS) is 12.8. The molecule has 25 heavy (non-hydrogen) atoms. The molecule has 4 rings (SSSR count). The Morgan fingerprint density at radius 2 is 1.92 bits per heavy atom. The van der Waals surface area contributed by atoms with E-state index in [9.17, 15) is 9.59 Å². The number of hydrogen-bond acceptors (Lipinski definition) is 4. The molecule has 0 saturated heterocycles. The largest absolute Gasteiger partial charge is 0.451 e. The first-order chi connectivity index (χ1) is 12.2. The molecule has 5 heteroatoms. The number of rotatable bonds is 4. The number of carbonyl (C=O) groups is 2. The second kappa shape index (κ2) is 6.69. The summed E-state index contributed by atoms with van der Waals surface area (Å²) in [4.78, 5) is 26.1. The van der Waals surface area contributed by atoms with E-state index < -0.39 is 5.97 Å². The zero-order chi connectivity index (χ0) is 17.2. The Hall–Kier alpha value is -2.66. The molecule has 1 aliphatic carbocycles. The van der Waals surface area contributed by atoms with Crippen molar-refractivity contribution in [1.29, 1.82) is 0 Å². The number of fused-ring (bicyclic) bond motifs is 2. The Balaban J connectivity index is 1.39. The van der Waals surface area contributed by atoms with E-state index in [4.69, 9.17) is 4.74 Å². The van der Waals surface area contributed by atoms with Gasteiger partial charge in [-0.2, -0.15) is 0 Å². The van der Waals surface area contributed by atoms with Crippen LogP contribution in [-0.2, 0) is 22.4 Å². The van der Waals surface area contributed by atoms with E-state index in [1.807, 2.05) is 48.5 Å². The van der Waals surface area contributed by atoms with Gasteiger partial charge in [0.15, 0.2) is 6.61 Å². The third kappa shape index (κ3) is 3.28. The van der Waals surface area contributed by atoms with E-state index in [-0.39, 0.29) is 12.5 Å². The van der Waals surface area contributed by atoms with Crippen molar-refractivity contribution in [2.75, 3.05) is 11.9 Å². The van der Waals surface area contributed by atoms with Crippen molar-refractivity contribution in [1.82, 2.24) is 0 Å². The van der Waals surface area contributed by atoms with Gasteiger partial charge in [0, 0.05) is 16.0 Å². The van der Waals surface area contributed by atoms with Gasteiger partial charge in [-0.1, -0.05) is 36.4 Å². The van der Waals surface area contributed by atoms with Crippen molar-refractivity contribution >= 4 is 39.7 Å². The lowest BCUT2D eigenvalue weighted by Crippen LogP contribution is -2.20. The summed E-state index contributed by atoms with van der Waals surface area (Å²) >= 11 is 1.48. The highest BCUT2D eigenvalue weighted by Gasteiger charge is 2.20. The van der Waals surface area contributed by atoms with Crippen molar-refractivity contribution in [2.24, 2.45) is 0 Å². The first-order valence-electron chi connectivity index (χ1n) is 8.27. The van der Waals surface area contributed by atoms with Crippen molar-refractivity contribution in [3.05, 3.63) is 63.8 Å². The molecule has 126 valence electrons. The van der Waals surface area contributed by atoms with Gasteiger partial charge < -0.3 is 10.1 Å². The van der Waals surface area contributed by atoms with Gasteiger partial charge in [-0.25, -0.2) is 4.79 Å². The van der Waals surface area contributed by atoms with E-state index >= 15 is 0 Å². The minimum Gasteiger partial charge on any atom is -0.451 e. The van der Waals surface area contributed by atoms with Crippen LogP contribution in [0.4, 0.5) is 5.69 Å². The lowest BCUT2D eigenvalue weighted by molar-refractivity contribution is -0.119. The summed E-state index contributed by atoms with van der Waals surface area (Å²) in [5.41, 5.74) is 1.96. The predicted octanol–water partition coefficient (Wildman–Crippen LogP) is 4.19. The third-order valence-electron chi connectivity index (χ3n) is 4.35. The van der Waals surface area contributed by atoms with Gasteiger partial charge >= 0.3 is 5.97 Å². The molecule has 1 aliphatic rings. The van der Waals surface area contributed by atoms with Crippen LogP contribution in [0.5, 0.6) is 0 Å². The molecule has 3 aromatic rings. The summed E-state index contributed by atoms with van der Waals surface area (Å²) in [7, 11) is 0. The number of carbonyl (C=O) groups excluding carboxylic acids is 2. The zero-order valence-corrected chi connectivity index (χ0v) is 14.4. The predicted molar refractivity (Wildman–Crippen MR) is 99.2 cm³/mol. The van der Waals surface area contributed by atoms with Crippen LogP contribution in [0.3, 0.4) is 0 Å². The maximum Gasteiger partial charge on any atom is 0.348 e. The highest BCUT2D eigenvalue weighted by atomic mass is 32.1. The maximum atomic E-state index is 12.1. The zero-order valence-electron chi connectivity index (χ0n) is 13.6. The van der Waals surface area contributed by atoms with Crippen molar-refractivity contribution in [3.8, 4) is 0 Å². The van der Waals surface area contributed by atoms with E-state index in [1.54, 1.807) is 0 Å². The minimum absolute atomic E-state index is 0.287. The fourth-order valence-corrected chi connectivity index (χ4v) is 4.30. The number of thiophene rings is 1. The molecule has 0 unspecified atom stereocenters. The quantitative estimate of drug-likeness (QED) is 0.717. The Labute approximate surface area is 149 Å². The molecule has 1 aromatic heterocycles. The van der Waals surface area contributed by atoms with Crippen LogP contribution in [0.1, 0.15) is 26.5 Å². The van der Waals surface area contributed by atoms with Crippen LogP contribution in [0.15, 0.2) is 48.5 Å². The van der Waals surface area contributed by atoms with Gasteiger partial charge in [0.05, 0.1) is 0 Å². The number of benzene rings is 2. The first kappa shape index (κ1) is 15.8. The fourth-order valence-electron chi connectivity index (χ4n) is 3.15. The van der Waals surface area contributed by atoms with Crippen LogP contribution >= 0.6 is 11.3 Å². The summed E-state index contributed by atoms with van der Waals surface area (Å²) in [6.07, 6.45) is 3.22. The molecule has 0 aliphatic heterocycles. The monoisotopic (exact) mass is 351 g/mol. The van der Waals surface area contributed by atoms with Gasteiger partial charge in [0.1, 0.15) is 4.88 Å². The third-order valence-corrected chi connectivity index (χ3v) is 5.56. The van der Waals surface area contributed by atoms with Gasteiger partial charge in [0.25, 0.3) is 5.91 Å². The number of ether oxygens (including phenoxy) is 1. The summed E-state index contributed by atoms with van der Waals surface area (Å²) in [6.45, 7) is -0.287. The van der Waals surface area contributed by atoms with Crippen LogP contribution in [-0.4, -0.2) is 18.5 Å². The molecule has 4 nitrogen and oxygen atoms in total. The molecular weight excluding hydrogens is 334 g/mol. The molecule has 0 bridgehead atoms. The van der Waals surface area contributed by atoms with Crippen LogP contribution in [0, 0.1) is 0 Å². The topological polar surface area (TPSA) is 55.4 Å². The molecule has 1 heterocycles. The number of amides is 1. The first-order valence-corrected chi connectivity index (χ1v) is 9.09. The van der Waals surface area contributed by atoms with E-state index in [1.165, 1.54) is 21.8 Å². The molecule has 1 amide bonds. The standard InChI is InChI=1S/C20H17NO3S/c22-19(21-16-9-3-6-13-5-1-2-8-15(13)16)12-24-20(23)18-11-14-7-4-10-17(14)25-18/h1-3,5-6,8-9,11H,4,7,10,12H2,(H,21,22). The van der Waals surface area contributed by atoms with Crippen molar-refractivity contribution < 1.29 is 14.3 Å². The number of hydrogen-bond donors (Lipinski definition) is 1. The SMILES string of the molecule is O=C(COC(=O)c1cc2c(s1)CCC2)Nc1cccc2ccccc12. The van der Waals surface area contributed by atoms with Crippen LogP contribution in [0.2, 0.25) is 0 Å². The number of nitrogens with one attached hydrogen (secondary N) is 1. The summed E-state index contributed by atoms with van der Waals surface area (Å²) in [6, 6.07) is 15.4. The van der Waals surface area contributed by atoms with Gasteiger partial charge in [-0.05, 0) is 42.3 Å². The second-order valence-electron chi connectivity index (χ2n) is 6.06. The molecule has 1 N–H and O–H groups in total. The Morgan fingerprint density at radius 1 is 1.08 bits per heavy atom. The lowest BCUT2D eigenvalue weighted by atomic mass is 10.1. The Kier molecular flexibility index (Phi) is 4.24. The van der Waals surface area contributed by atoms with Gasteiger partial charge in [-0.15, -0.1) is 11.3 Å². The fraction of sp³-hybridized carbons (Fsp3) is 0.200. The number of anilines is 1. The average Bonchev–Trinajstić information content (AvgIpc) is 3.22. The molecule has 0 fully saturated rings. The molecule has 0 atom stereocenters. The number of esters is 1. The summed E-state index contributed by atoms with van der Waals surface area (Å²) in [5.74, 6) is -0.763. The van der Waals surface area contributed by atoms with Crippen LogP contribution < -0.4 is 5.32 Å². The average molecular weight is 351 g/mol. The lowest BCUT2D eigenvalue weighted by Gasteiger charge is -2.09. The molecule has 2 aromatic carbocycles. The maximum absolute atomic E-state index is 12.1. The van der Waals surface area contributed by atoms with Crippen molar-refractivity contribution in [3.63, 3.8) is 0 Å².